The maximum atomic E-state index is 12.5. The van der Waals surface area contributed by atoms with E-state index in [0.29, 0.717) is 0 Å². The molecule has 3 aliphatic rings. The van der Waals surface area contributed by atoms with Crippen molar-refractivity contribution in [3.63, 3.8) is 0 Å². The number of rotatable bonds is 14. The Morgan fingerprint density at radius 3 is 1.80 bits per heavy atom. The summed E-state index contributed by atoms with van der Waals surface area (Å²) in [4.78, 5) is 48.4. The fraction of sp³-hybridized carbons (Fsp3) is 0.857. The SMILES string of the molecule is CC(=O)N[C@H]1[C@H](O[C@H]2[C@H](O[C@H]3O[C@H](C)[C@H](O)[C@H](O)[C@H]3O)[C@@H](NC(C)=O)[C@H](O[C@@H](C=O)[C@H](CO)NC(C)=O)O[C@@H]2CO)O[C@H](CO)[C@H](O)[C@@H]1O. The number of aliphatic hydroxyl groups is 8. The molecule has 11 N–H and O–H groups in total. The summed E-state index contributed by atoms with van der Waals surface area (Å²) in [7, 11) is 0. The molecule has 21 heteroatoms. The zero-order chi connectivity index (χ0) is 36.7. The first-order chi connectivity index (χ1) is 23.1. The summed E-state index contributed by atoms with van der Waals surface area (Å²) < 4.78 is 35.2. The number of carbonyl (C=O) groups is 4. The first kappa shape index (κ1) is 40.9. The number of carbonyl (C=O) groups excluding carboxylic acids is 4. The van der Waals surface area contributed by atoms with Gasteiger partial charge in [-0.15, -0.1) is 0 Å². The maximum Gasteiger partial charge on any atom is 0.217 e. The molecule has 0 unspecified atom stereocenters. The highest BCUT2D eigenvalue weighted by atomic mass is 16.8. The van der Waals surface area contributed by atoms with Gasteiger partial charge in [-0.3, -0.25) is 14.4 Å². The van der Waals surface area contributed by atoms with Crippen LogP contribution in [0, 0.1) is 0 Å². The van der Waals surface area contributed by atoms with Crippen molar-refractivity contribution in [1.29, 1.82) is 0 Å². The summed E-state index contributed by atoms with van der Waals surface area (Å²) in [5.41, 5.74) is 0. The molecule has 3 amide bonds. The van der Waals surface area contributed by atoms with Crippen LogP contribution in [-0.4, -0.2) is 189 Å². The van der Waals surface area contributed by atoms with E-state index >= 15 is 0 Å². The van der Waals surface area contributed by atoms with Gasteiger partial charge in [-0.05, 0) is 6.92 Å². The lowest BCUT2D eigenvalue weighted by Crippen LogP contribution is -2.71. The molecule has 21 nitrogen and oxygen atoms in total. The molecule has 0 aromatic rings. The Hall–Kier alpha value is -2.48. The molecule has 3 fully saturated rings. The van der Waals surface area contributed by atoms with Crippen molar-refractivity contribution in [3.8, 4) is 0 Å². The van der Waals surface area contributed by atoms with Crippen molar-refractivity contribution in [2.24, 2.45) is 0 Å². The van der Waals surface area contributed by atoms with Crippen molar-refractivity contribution in [3.05, 3.63) is 0 Å². The average Bonchev–Trinajstić information content (AvgIpc) is 3.04. The number of nitrogens with one attached hydrogen (secondary N) is 3. The standard InChI is InChI=1S/C28H47N3O18/c1-9-19(39)22(42)23(43)28(44-9)49-25-18(31-12(4)38)27(45-14(6-33)13(5-32)29-10(2)36)47-16(8-35)24(25)48-26-17(30-11(3)37)21(41)20(40)15(7-34)46-26/h6,9,13-28,32,34-35,39-43H,5,7-8H2,1-4H3,(H,29,36)(H,30,37)(H,31,38)/t9-,13+,14+,15-,16-,17-,18-,19+,20+,21-,22+,23-,24-,25-,26+,27-,28-/m1/s1. The number of aldehydes is 1. The Morgan fingerprint density at radius 1 is 0.694 bits per heavy atom. The average molecular weight is 714 g/mol. The van der Waals surface area contributed by atoms with Crippen molar-refractivity contribution >= 4 is 24.0 Å². The van der Waals surface area contributed by atoms with Crippen LogP contribution in [0.1, 0.15) is 27.7 Å². The minimum Gasteiger partial charge on any atom is -0.394 e. The third kappa shape index (κ3) is 9.86. The van der Waals surface area contributed by atoms with Crippen LogP contribution in [0.25, 0.3) is 0 Å². The molecule has 0 radical (unpaired) electrons. The monoisotopic (exact) mass is 713 g/mol. The fourth-order valence-corrected chi connectivity index (χ4v) is 5.77. The van der Waals surface area contributed by atoms with Crippen LogP contribution in [0.3, 0.4) is 0 Å². The van der Waals surface area contributed by atoms with E-state index in [1.165, 1.54) is 6.92 Å². The van der Waals surface area contributed by atoms with Crippen LogP contribution >= 0.6 is 0 Å². The van der Waals surface area contributed by atoms with Crippen LogP contribution in [0.2, 0.25) is 0 Å². The minimum atomic E-state index is -1.91. The van der Waals surface area contributed by atoms with E-state index in [2.05, 4.69) is 16.0 Å². The van der Waals surface area contributed by atoms with E-state index in [9.17, 15) is 60.0 Å². The van der Waals surface area contributed by atoms with Gasteiger partial charge in [0.25, 0.3) is 0 Å². The van der Waals surface area contributed by atoms with Gasteiger partial charge in [0.2, 0.25) is 17.7 Å². The van der Waals surface area contributed by atoms with Gasteiger partial charge in [-0.1, -0.05) is 0 Å². The molecule has 0 aromatic heterocycles. The lowest BCUT2D eigenvalue weighted by atomic mass is 9.93. The fourth-order valence-electron chi connectivity index (χ4n) is 5.77. The number of aliphatic hydroxyl groups excluding tert-OH is 8. The van der Waals surface area contributed by atoms with Crippen LogP contribution in [0.5, 0.6) is 0 Å². The number of ether oxygens (including phenoxy) is 6. The van der Waals surface area contributed by atoms with E-state index < -0.39 is 142 Å². The van der Waals surface area contributed by atoms with Gasteiger partial charge in [-0.25, -0.2) is 0 Å². The van der Waals surface area contributed by atoms with E-state index in [4.69, 9.17) is 28.4 Å². The predicted molar refractivity (Wildman–Crippen MR) is 156 cm³/mol. The molecule has 0 saturated carbocycles. The lowest BCUT2D eigenvalue weighted by molar-refractivity contribution is -0.367. The summed E-state index contributed by atoms with van der Waals surface area (Å²) in [5, 5.41) is 90.1. The molecule has 3 rings (SSSR count). The molecule has 0 spiro atoms. The Morgan fingerprint density at radius 2 is 1.27 bits per heavy atom. The maximum absolute atomic E-state index is 12.5. The molecular formula is C28H47N3O18. The zero-order valence-electron chi connectivity index (χ0n) is 27.2. The Kier molecular flexibility index (Phi) is 15.2. The molecule has 0 bridgehead atoms. The van der Waals surface area contributed by atoms with Crippen molar-refractivity contribution in [2.75, 3.05) is 19.8 Å². The summed E-state index contributed by atoms with van der Waals surface area (Å²) in [6.07, 6.45) is -22.7. The predicted octanol–water partition coefficient (Wildman–Crippen LogP) is -7.17. The second kappa shape index (κ2) is 18.1. The largest absolute Gasteiger partial charge is 0.394 e. The van der Waals surface area contributed by atoms with Gasteiger partial charge in [-0.2, -0.15) is 0 Å². The van der Waals surface area contributed by atoms with Crippen molar-refractivity contribution in [2.45, 2.75) is 132 Å². The van der Waals surface area contributed by atoms with Gasteiger partial charge in [0.15, 0.2) is 25.2 Å². The highest BCUT2D eigenvalue weighted by Crippen LogP contribution is 2.34. The van der Waals surface area contributed by atoms with E-state index in [0.717, 1.165) is 20.8 Å². The minimum absolute atomic E-state index is 0.237. The lowest BCUT2D eigenvalue weighted by Gasteiger charge is -2.51. The Labute approximate surface area is 280 Å². The number of hydrogen-bond acceptors (Lipinski definition) is 18. The normalized spacial score (nSPS) is 40.9. The first-order valence-electron chi connectivity index (χ1n) is 15.5. The summed E-state index contributed by atoms with van der Waals surface area (Å²) >= 11 is 0. The zero-order valence-corrected chi connectivity index (χ0v) is 27.2. The molecular weight excluding hydrogens is 666 g/mol. The summed E-state index contributed by atoms with van der Waals surface area (Å²) in [6.45, 7) is 2.17. The first-order valence-corrected chi connectivity index (χ1v) is 15.5. The summed E-state index contributed by atoms with van der Waals surface area (Å²) in [6, 6.07) is -4.37. The molecule has 282 valence electrons. The highest BCUT2D eigenvalue weighted by molar-refractivity contribution is 5.74. The smallest absolute Gasteiger partial charge is 0.217 e. The van der Waals surface area contributed by atoms with Gasteiger partial charge in [0, 0.05) is 20.8 Å². The molecule has 17 atom stereocenters. The van der Waals surface area contributed by atoms with Crippen LogP contribution < -0.4 is 16.0 Å². The van der Waals surface area contributed by atoms with E-state index in [1.54, 1.807) is 0 Å². The van der Waals surface area contributed by atoms with Crippen LogP contribution in [0.4, 0.5) is 0 Å². The van der Waals surface area contributed by atoms with E-state index in [-0.39, 0.29) is 6.29 Å². The molecule has 3 aliphatic heterocycles. The molecule has 3 heterocycles. The molecule has 0 aromatic carbocycles. The van der Waals surface area contributed by atoms with Crippen molar-refractivity contribution < 1.29 is 88.5 Å². The molecule has 3 saturated heterocycles. The van der Waals surface area contributed by atoms with Crippen LogP contribution in [-0.2, 0) is 47.6 Å². The van der Waals surface area contributed by atoms with Gasteiger partial charge >= 0.3 is 0 Å². The third-order valence-electron chi connectivity index (χ3n) is 8.25. The third-order valence-corrected chi connectivity index (χ3v) is 8.25. The quantitative estimate of drug-likeness (QED) is 0.0745. The second-order valence-corrected chi connectivity index (χ2v) is 12.0. The van der Waals surface area contributed by atoms with Crippen molar-refractivity contribution in [1.82, 2.24) is 16.0 Å². The summed E-state index contributed by atoms with van der Waals surface area (Å²) in [5.74, 6) is -2.06. The number of amides is 3. The van der Waals surface area contributed by atoms with Gasteiger partial charge < -0.3 is 90.0 Å². The molecule has 0 aliphatic carbocycles. The van der Waals surface area contributed by atoms with Gasteiger partial charge in [0.1, 0.15) is 73.1 Å². The molecule has 49 heavy (non-hydrogen) atoms. The number of hydrogen-bond donors (Lipinski definition) is 11. The Bertz CT molecular complexity index is 1120. The second-order valence-electron chi connectivity index (χ2n) is 12.0. The Balaban J connectivity index is 2.11. The van der Waals surface area contributed by atoms with E-state index in [1.807, 2.05) is 0 Å². The van der Waals surface area contributed by atoms with Gasteiger partial charge in [0.05, 0.1) is 32.0 Å². The highest BCUT2D eigenvalue weighted by Gasteiger charge is 2.55. The topological polar surface area (TPSA) is 322 Å². The van der Waals surface area contributed by atoms with Crippen LogP contribution in [0.15, 0.2) is 0 Å².